The number of aryl methyl sites for hydroxylation is 3. The molecule has 7 nitrogen and oxygen atoms in total. The van der Waals surface area contributed by atoms with Crippen molar-refractivity contribution >= 4 is 5.91 Å². The average molecular weight is 345 g/mol. The Morgan fingerprint density at radius 2 is 2.24 bits per heavy atom. The molecule has 0 bridgehead atoms. The molecular weight excluding hydrogens is 318 g/mol. The first-order valence-corrected chi connectivity index (χ1v) is 9.27. The molecule has 7 heteroatoms. The van der Waals surface area contributed by atoms with Gasteiger partial charge in [-0.05, 0) is 37.7 Å². The van der Waals surface area contributed by atoms with Crippen LogP contribution in [0.5, 0.6) is 0 Å². The Bertz CT molecular complexity index is 693. The summed E-state index contributed by atoms with van der Waals surface area (Å²) in [6.45, 7) is 2.91. The van der Waals surface area contributed by atoms with Crippen molar-refractivity contribution < 1.29 is 9.32 Å². The van der Waals surface area contributed by atoms with Gasteiger partial charge < -0.3 is 9.42 Å². The van der Waals surface area contributed by atoms with Crippen molar-refractivity contribution in [3.63, 3.8) is 0 Å². The Morgan fingerprint density at radius 3 is 3.00 bits per heavy atom. The van der Waals surface area contributed by atoms with E-state index in [9.17, 15) is 4.79 Å². The van der Waals surface area contributed by atoms with Gasteiger partial charge in [0.05, 0.1) is 6.20 Å². The molecule has 1 aliphatic heterocycles. The van der Waals surface area contributed by atoms with Crippen molar-refractivity contribution in [2.24, 2.45) is 7.05 Å². The van der Waals surface area contributed by atoms with E-state index in [0.29, 0.717) is 18.7 Å². The first-order chi connectivity index (χ1) is 12.2. The van der Waals surface area contributed by atoms with E-state index in [1.807, 2.05) is 24.3 Å². The zero-order chi connectivity index (χ0) is 17.6. The lowest BCUT2D eigenvalue weighted by molar-refractivity contribution is -0.135. The maximum atomic E-state index is 12.7. The van der Waals surface area contributed by atoms with Crippen molar-refractivity contribution in [1.29, 1.82) is 0 Å². The molecule has 2 aromatic rings. The maximum absolute atomic E-state index is 12.7. The average Bonchev–Trinajstić information content (AvgIpc) is 3.27. The molecule has 0 radical (unpaired) electrons. The van der Waals surface area contributed by atoms with Gasteiger partial charge in [-0.2, -0.15) is 10.1 Å². The third-order valence-corrected chi connectivity index (χ3v) is 4.73. The molecule has 136 valence electrons. The van der Waals surface area contributed by atoms with Gasteiger partial charge in [0.15, 0.2) is 5.82 Å². The smallest absolute Gasteiger partial charge is 0.249 e. The molecule has 3 rings (SSSR count). The normalized spacial score (nSPS) is 17.8. The molecule has 0 saturated carbocycles. The Morgan fingerprint density at radius 1 is 1.36 bits per heavy atom. The quantitative estimate of drug-likeness (QED) is 0.771. The summed E-state index contributed by atoms with van der Waals surface area (Å²) in [6.07, 6.45) is 11.0. The summed E-state index contributed by atoms with van der Waals surface area (Å²) in [7, 11) is 1.89. The molecule has 0 unspecified atom stereocenters. The van der Waals surface area contributed by atoms with Gasteiger partial charge in [0.1, 0.15) is 6.04 Å². The van der Waals surface area contributed by atoms with Crippen LogP contribution in [0.3, 0.4) is 0 Å². The largest absolute Gasteiger partial charge is 0.337 e. The van der Waals surface area contributed by atoms with Gasteiger partial charge in [0.2, 0.25) is 11.8 Å². The predicted molar refractivity (Wildman–Crippen MR) is 92.7 cm³/mol. The highest BCUT2D eigenvalue weighted by Crippen LogP contribution is 2.30. The molecule has 0 spiro atoms. The van der Waals surface area contributed by atoms with Gasteiger partial charge in [0.25, 0.3) is 0 Å². The minimum absolute atomic E-state index is 0.0713. The number of rotatable bonds is 7. The highest BCUT2D eigenvalue weighted by atomic mass is 16.5. The summed E-state index contributed by atoms with van der Waals surface area (Å²) in [5.41, 5.74) is 1.09. The van der Waals surface area contributed by atoms with Gasteiger partial charge >= 0.3 is 0 Å². The van der Waals surface area contributed by atoms with Gasteiger partial charge in [-0.3, -0.25) is 9.48 Å². The molecule has 0 N–H and O–H groups in total. The van der Waals surface area contributed by atoms with Gasteiger partial charge in [0, 0.05) is 32.6 Å². The number of carbonyl (C=O) groups excluding carboxylic acids is 1. The minimum atomic E-state index is -0.0713. The van der Waals surface area contributed by atoms with Crippen molar-refractivity contribution in [3.8, 4) is 0 Å². The fourth-order valence-electron chi connectivity index (χ4n) is 3.32. The number of unbranched alkanes of at least 4 members (excludes halogenated alkanes) is 1. The van der Waals surface area contributed by atoms with E-state index in [0.717, 1.165) is 56.5 Å². The summed E-state index contributed by atoms with van der Waals surface area (Å²) < 4.78 is 7.24. The van der Waals surface area contributed by atoms with E-state index in [4.69, 9.17) is 4.52 Å². The van der Waals surface area contributed by atoms with Crippen LogP contribution in [0.25, 0.3) is 0 Å². The molecule has 2 aromatic heterocycles. The molecule has 25 heavy (non-hydrogen) atoms. The van der Waals surface area contributed by atoms with Gasteiger partial charge in [-0.1, -0.05) is 18.5 Å². The summed E-state index contributed by atoms with van der Waals surface area (Å²) >= 11 is 0. The Balaban J connectivity index is 1.63. The first-order valence-electron chi connectivity index (χ1n) is 9.27. The lowest BCUT2D eigenvalue weighted by Gasteiger charge is -2.33. The van der Waals surface area contributed by atoms with E-state index in [-0.39, 0.29) is 11.9 Å². The van der Waals surface area contributed by atoms with Gasteiger partial charge in [-0.15, -0.1) is 0 Å². The monoisotopic (exact) mass is 345 g/mol. The van der Waals surface area contributed by atoms with Crippen LogP contribution < -0.4 is 0 Å². The summed E-state index contributed by atoms with van der Waals surface area (Å²) in [4.78, 5) is 19.2. The van der Waals surface area contributed by atoms with Crippen LogP contribution in [0.2, 0.25) is 0 Å². The van der Waals surface area contributed by atoms with Crippen LogP contribution in [0.4, 0.5) is 0 Å². The van der Waals surface area contributed by atoms with Gasteiger partial charge in [-0.25, -0.2) is 0 Å². The molecular formula is C18H27N5O2. The Kier molecular flexibility index (Phi) is 5.83. The van der Waals surface area contributed by atoms with Crippen LogP contribution in [0.15, 0.2) is 16.9 Å². The van der Waals surface area contributed by atoms with Crippen LogP contribution in [0, 0.1) is 0 Å². The number of hydrogen-bond donors (Lipinski definition) is 0. The van der Waals surface area contributed by atoms with E-state index >= 15 is 0 Å². The van der Waals surface area contributed by atoms with Crippen LogP contribution in [-0.2, 0) is 24.7 Å². The highest BCUT2D eigenvalue weighted by Gasteiger charge is 2.31. The number of carbonyl (C=O) groups is 1. The second kappa shape index (κ2) is 8.27. The summed E-state index contributed by atoms with van der Waals surface area (Å²) in [5.74, 6) is 1.51. The highest BCUT2D eigenvalue weighted by molar-refractivity contribution is 5.77. The zero-order valence-corrected chi connectivity index (χ0v) is 15.1. The number of nitrogens with zero attached hydrogens (tertiary/aromatic N) is 5. The standard InChI is InChI=1S/C18H27N5O2/c1-3-4-8-16-20-18(25-21-16)15-7-5-6-11-23(15)17(24)10-9-14-12-19-22(2)13-14/h12-13,15H,3-11H2,1-2H3/t15-/m1/s1. The second-order valence-corrected chi connectivity index (χ2v) is 6.77. The molecule has 1 aliphatic rings. The molecule has 3 heterocycles. The van der Waals surface area contributed by atoms with E-state index in [1.54, 1.807) is 4.68 Å². The first kappa shape index (κ1) is 17.6. The van der Waals surface area contributed by atoms with Crippen LogP contribution >= 0.6 is 0 Å². The molecule has 0 aliphatic carbocycles. The topological polar surface area (TPSA) is 77.0 Å². The number of likely N-dealkylation sites (tertiary alicyclic amines) is 1. The molecule has 1 amide bonds. The van der Waals surface area contributed by atoms with E-state index < -0.39 is 0 Å². The lowest BCUT2D eigenvalue weighted by Crippen LogP contribution is -2.38. The summed E-state index contributed by atoms with van der Waals surface area (Å²) in [6, 6.07) is -0.0713. The molecule has 1 saturated heterocycles. The fraction of sp³-hybridized carbons (Fsp3) is 0.667. The van der Waals surface area contributed by atoms with Crippen molar-refractivity contribution in [2.45, 2.75) is 64.3 Å². The number of aromatic nitrogens is 4. The maximum Gasteiger partial charge on any atom is 0.249 e. The van der Waals surface area contributed by atoms with Crippen molar-refractivity contribution in [3.05, 3.63) is 29.7 Å². The number of piperidine rings is 1. The van der Waals surface area contributed by atoms with Crippen molar-refractivity contribution in [2.75, 3.05) is 6.54 Å². The zero-order valence-electron chi connectivity index (χ0n) is 15.1. The predicted octanol–water partition coefficient (Wildman–Crippen LogP) is 2.83. The van der Waals surface area contributed by atoms with E-state index in [1.165, 1.54) is 0 Å². The van der Waals surface area contributed by atoms with E-state index in [2.05, 4.69) is 22.2 Å². The molecule has 1 atom stereocenters. The minimum Gasteiger partial charge on any atom is -0.337 e. The van der Waals surface area contributed by atoms with Crippen LogP contribution in [0.1, 0.15) is 68.8 Å². The summed E-state index contributed by atoms with van der Waals surface area (Å²) in [5, 5.41) is 8.24. The molecule has 1 fully saturated rings. The fourth-order valence-corrected chi connectivity index (χ4v) is 3.32. The third kappa shape index (κ3) is 4.46. The SMILES string of the molecule is CCCCc1noc([C@H]2CCCCN2C(=O)CCc2cnn(C)c2)n1. The lowest BCUT2D eigenvalue weighted by atomic mass is 10.0. The Hall–Kier alpha value is -2.18. The van der Waals surface area contributed by atoms with Crippen molar-refractivity contribution in [1.82, 2.24) is 24.8 Å². The Labute approximate surface area is 148 Å². The molecule has 0 aromatic carbocycles. The number of amides is 1. The van der Waals surface area contributed by atoms with Crippen LogP contribution in [-0.4, -0.2) is 37.3 Å². The number of hydrogen-bond acceptors (Lipinski definition) is 5. The third-order valence-electron chi connectivity index (χ3n) is 4.73. The second-order valence-electron chi connectivity index (χ2n) is 6.77.